The van der Waals surface area contributed by atoms with Crippen LogP contribution in [0.3, 0.4) is 0 Å². The van der Waals surface area contributed by atoms with Gasteiger partial charge in [0.2, 0.25) is 0 Å². The third-order valence-corrected chi connectivity index (χ3v) is 3.48. The average Bonchev–Trinajstić information content (AvgIpc) is 2.55. The first-order valence-corrected chi connectivity index (χ1v) is 5.02. The molecule has 0 N–H and O–H groups in total. The third-order valence-electron chi connectivity index (χ3n) is 3.48. The van der Waals surface area contributed by atoms with Gasteiger partial charge in [0.1, 0.15) is 0 Å². The number of hydrogen-bond donors (Lipinski definition) is 0. The zero-order valence-corrected chi connectivity index (χ0v) is 7.32. The van der Waals surface area contributed by atoms with E-state index in [1.807, 2.05) is 0 Å². The summed E-state index contributed by atoms with van der Waals surface area (Å²) in [5, 5.41) is 0. The summed E-state index contributed by atoms with van der Waals surface area (Å²) in [6, 6.07) is 4.24. The lowest BCUT2D eigenvalue weighted by atomic mass is 10.0. The number of fused-ring (bicyclic) bond motifs is 1. The zero-order chi connectivity index (χ0) is 7.97. The molecule has 0 saturated heterocycles. The van der Waals surface area contributed by atoms with Crippen LogP contribution in [-0.2, 0) is 6.54 Å². The predicted molar refractivity (Wildman–Crippen MR) is 48.8 cm³/mol. The fourth-order valence-corrected chi connectivity index (χ4v) is 2.78. The Labute approximate surface area is 73.4 Å². The second kappa shape index (κ2) is 2.38. The van der Waals surface area contributed by atoms with E-state index in [4.69, 9.17) is 0 Å². The minimum atomic E-state index is 0.987. The molecule has 1 nitrogen and oxygen atoms in total. The van der Waals surface area contributed by atoms with Gasteiger partial charge in [-0.2, -0.15) is 0 Å². The van der Waals surface area contributed by atoms with Gasteiger partial charge < -0.3 is 4.57 Å². The monoisotopic (exact) mass is 161 g/mol. The standard InChI is InChI=1S/C11H15N/c1-2-4-12(3-1)8-9-5-10-7-11(10)6-9/h1-4,9-11H,5-8H2. The molecule has 1 heterocycles. The van der Waals surface area contributed by atoms with Crippen LogP contribution >= 0.6 is 0 Å². The van der Waals surface area contributed by atoms with E-state index in [-0.39, 0.29) is 0 Å². The van der Waals surface area contributed by atoms with Crippen LogP contribution in [-0.4, -0.2) is 4.57 Å². The van der Waals surface area contributed by atoms with Gasteiger partial charge in [0.05, 0.1) is 0 Å². The molecule has 0 aromatic carbocycles. The highest BCUT2D eigenvalue weighted by Crippen LogP contribution is 2.54. The maximum absolute atomic E-state index is 2.33. The van der Waals surface area contributed by atoms with Crippen molar-refractivity contribution in [2.24, 2.45) is 17.8 Å². The highest BCUT2D eigenvalue weighted by Gasteiger charge is 2.45. The van der Waals surface area contributed by atoms with Crippen LogP contribution in [0, 0.1) is 17.8 Å². The Hall–Kier alpha value is -0.720. The molecule has 64 valence electrons. The molecular weight excluding hydrogens is 146 g/mol. The van der Waals surface area contributed by atoms with Gasteiger partial charge in [-0.05, 0) is 49.1 Å². The van der Waals surface area contributed by atoms with Crippen LogP contribution in [0.25, 0.3) is 0 Å². The molecule has 0 bridgehead atoms. The van der Waals surface area contributed by atoms with Gasteiger partial charge in [-0.1, -0.05) is 0 Å². The van der Waals surface area contributed by atoms with Crippen molar-refractivity contribution < 1.29 is 0 Å². The first-order chi connectivity index (χ1) is 5.92. The molecule has 1 aromatic rings. The summed E-state index contributed by atoms with van der Waals surface area (Å²) >= 11 is 0. The van der Waals surface area contributed by atoms with Gasteiger partial charge in [-0.15, -0.1) is 0 Å². The average molecular weight is 161 g/mol. The molecular formula is C11H15N. The fraction of sp³-hybridized carbons (Fsp3) is 0.636. The highest BCUT2D eigenvalue weighted by atomic mass is 14.9. The van der Waals surface area contributed by atoms with Crippen molar-refractivity contribution in [1.29, 1.82) is 0 Å². The summed E-state index contributed by atoms with van der Waals surface area (Å²) in [5.74, 6) is 3.25. The largest absolute Gasteiger partial charge is 0.354 e. The van der Waals surface area contributed by atoms with Gasteiger partial charge in [-0.25, -0.2) is 0 Å². The summed E-state index contributed by atoms with van der Waals surface area (Å²) in [7, 11) is 0. The third kappa shape index (κ3) is 1.08. The maximum Gasteiger partial charge on any atom is 0.0248 e. The van der Waals surface area contributed by atoms with E-state index in [1.54, 1.807) is 6.42 Å². The van der Waals surface area contributed by atoms with E-state index in [1.165, 1.54) is 19.4 Å². The first-order valence-electron chi connectivity index (χ1n) is 5.02. The van der Waals surface area contributed by atoms with Crippen molar-refractivity contribution >= 4 is 0 Å². The molecule has 2 atom stereocenters. The van der Waals surface area contributed by atoms with Crippen molar-refractivity contribution in [2.75, 3.05) is 0 Å². The van der Waals surface area contributed by atoms with Crippen molar-refractivity contribution in [3.63, 3.8) is 0 Å². The van der Waals surface area contributed by atoms with Crippen LogP contribution in [0.4, 0.5) is 0 Å². The lowest BCUT2D eigenvalue weighted by Gasteiger charge is -2.11. The van der Waals surface area contributed by atoms with E-state index in [0.29, 0.717) is 0 Å². The van der Waals surface area contributed by atoms with E-state index >= 15 is 0 Å². The molecule has 2 fully saturated rings. The fourth-order valence-electron chi connectivity index (χ4n) is 2.78. The molecule has 0 aliphatic heterocycles. The quantitative estimate of drug-likeness (QED) is 0.628. The molecule has 1 heteroatoms. The Morgan fingerprint density at radius 1 is 1.00 bits per heavy atom. The molecule has 0 radical (unpaired) electrons. The van der Waals surface area contributed by atoms with Crippen LogP contribution in [0.15, 0.2) is 24.5 Å². The Morgan fingerprint density at radius 2 is 1.67 bits per heavy atom. The molecule has 2 aliphatic rings. The number of aromatic nitrogens is 1. The summed E-state index contributed by atoms with van der Waals surface area (Å²) in [5.41, 5.74) is 0. The van der Waals surface area contributed by atoms with Crippen molar-refractivity contribution in [3.05, 3.63) is 24.5 Å². The lowest BCUT2D eigenvalue weighted by molar-refractivity contribution is 0.417. The van der Waals surface area contributed by atoms with Gasteiger partial charge >= 0.3 is 0 Å². The van der Waals surface area contributed by atoms with Gasteiger partial charge in [-0.3, -0.25) is 0 Å². The maximum atomic E-state index is 2.33. The molecule has 2 aliphatic carbocycles. The topological polar surface area (TPSA) is 4.93 Å². The normalized spacial score (nSPS) is 38.2. The summed E-state index contributed by atoms with van der Waals surface area (Å²) in [6.45, 7) is 1.26. The molecule has 3 rings (SSSR count). The Bertz CT molecular complexity index is 253. The molecule has 0 spiro atoms. The van der Waals surface area contributed by atoms with Crippen molar-refractivity contribution in [3.8, 4) is 0 Å². The second-order valence-corrected chi connectivity index (χ2v) is 4.47. The summed E-state index contributed by atoms with van der Waals surface area (Å²) < 4.78 is 2.33. The minimum absolute atomic E-state index is 0.987. The number of nitrogens with zero attached hydrogens (tertiary/aromatic N) is 1. The molecule has 2 saturated carbocycles. The Balaban J connectivity index is 1.62. The van der Waals surface area contributed by atoms with Crippen LogP contribution in [0.2, 0.25) is 0 Å². The van der Waals surface area contributed by atoms with Crippen LogP contribution in [0.5, 0.6) is 0 Å². The SMILES string of the molecule is c1ccn(CC2CC3CC3C2)c1. The van der Waals surface area contributed by atoms with E-state index in [2.05, 4.69) is 29.1 Å². The Kier molecular flexibility index (Phi) is 1.34. The smallest absolute Gasteiger partial charge is 0.0248 e. The Morgan fingerprint density at radius 3 is 2.33 bits per heavy atom. The molecule has 2 unspecified atom stereocenters. The van der Waals surface area contributed by atoms with Gasteiger partial charge in [0.15, 0.2) is 0 Å². The molecule has 0 amide bonds. The second-order valence-electron chi connectivity index (χ2n) is 4.47. The van der Waals surface area contributed by atoms with E-state index in [9.17, 15) is 0 Å². The minimum Gasteiger partial charge on any atom is -0.354 e. The summed E-state index contributed by atoms with van der Waals surface area (Å²) in [6.07, 6.45) is 8.92. The van der Waals surface area contributed by atoms with Crippen LogP contribution in [0.1, 0.15) is 19.3 Å². The van der Waals surface area contributed by atoms with Crippen molar-refractivity contribution in [2.45, 2.75) is 25.8 Å². The summed E-state index contributed by atoms with van der Waals surface area (Å²) in [4.78, 5) is 0. The molecule has 12 heavy (non-hydrogen) atoms. The predicted octanol–water partition coefficient (Wildman–Crippen LogP) is 2.53. The van der Waals surface area contributed by atoms with Crippen molar-refractivity contribution in [1.82, 2.24) is 4.57 Å². The zero-order valence-electron chi connectivity index (χ0n) is 7.32. The number of rotatable bonds is 2. The van der Waals surface area contributed by atoms with E-state index < -0.39 is 0 Å². The molecule has 1 aromatic heterocycles. The van der Waals surface area contributed by atoms with E-state index in [0.717, 1.165) is 17.8 Å². The van der Waals surface area contributed by atoms with Crippen LogP contribution < -0.4 is 0 Å². The number of hydrogen-bond acceptors (Lipinski definition) is 0. The van der Waals surface area contributed by atoms with Gasteiger partial charge in [0.25, 0.3) is 0 Å². The lowest BCUT2D eigenvalue weighted by Crippen LogP contribution is -2.06. The van der Waals surface area contributed by atoms with Gasteiger partial charge in [0, 0.05) is 18.9 Å². The highest BCUT2D eigenvalue weighted by molar-refractivity contribution is 4.97. The first kappa shape index (κ1) is 6.76.